The molecule has 1 unspecified atom stereocenters. The summed E-state index contributed by atoms with van der Waals surface area (Å²) >= 11 is 0. The highest BCUT2D eigenvalue weighted by Gasteiger charge is 2.09. The molecule has 1 atom stereocenters. The topological polar surface area (TPSA) is 46.5 Å². The molecule has 3 heteroatoms. The van der Waals surface area contributed by atoms with Crippen molar-refractivity contribution in [2.45, 2.75) is 20.0 Å². The Balaban J connectivity index is 2.61. The summed E-state index contributed by atoms with van der Waals surface area (Å²) in [6.45, 7) is 3.21. The molecule has 15 heavy (non-hydrogen) atoms. The molecule has 0 radical (unpaired) electrons. The number of allylic oxidation sites excluding steroid dienone is 1. The maximum Gasteiger partial charge on any atom is 0.334 e. The highest BCUT2D eigenvalue weighted by atomic mass is 16.5. The lowest BCUT2D eigenvalue weighted by molar-refractivity contribution is -0.142. The van der Waals surface area contributed by atoms with Gasteiger partial charge in [-0.25, -0.2) is 4.79 Å². The summed E-state index contributed by atoms with van der Waals surface area (Å²) in [5.41, 5.74) is 0.926. The van der Waals surface area contributed by atoms with Crippen LogP contribution in [-0.2, 0) is 9.53 Å². The average Bonchev–Trinajstić information content (AvgIpc) is 2.17. The van der Waals surface area contributed by atoms with Gasteiger partial charge in [0, 0.05) is 0 Å². The monoisotopic (exact) mass is 206 g/mol. The van der Waals surface area contributed by atoms with Crippen LogP contribution in [0.25, 0.3) is 0 Å². The fourth-order valence-corrected chi connectivity index (χ4v) is 1.17. The Kier molecular flexibility index (Phi) is 3.92. The molecule has 0 saturated carbocycles. The van der Waals surface area contributed by atoms with Crippen molar-refractivity contribution in [3.8, 4) is 0 Å². The fourth-order valence-electron chi connectivity index (χ4n) is 1.17. The summed E-state index contributed by atoms with van der Waals surface area (Å²) < 4.78 is 5.07. The Morgan fingerprint density at radius 1 is 1.40 bits per heavy atom. The van der Waals surface area contributed by atoms with Crippen LogP contribution in [0.1, 0.15) is 25.5 Å². The minimum Gasteiger partial charge on any atom is -0.512 e. The minimum atomic E-state index is -0.536. The second-order valence-electron chi connectivity index (χ2n) is 3.28. The van der Waals surface area contributed by atoms with Gasteiger partial charge < -0.3 is 9.84 Å². The second kappa shape index (κ2) is 5.20. The van der Waals surface area contributed by atoms with Gasteiger partial charge in [0.1, 0.15) is 6.10 Å². The SMILES string of the molecule is C/C(O)=C\C(=O)OC(C)c1ccccc1. The van der Waals surface area contributed by atoms with Crippen molar-refractivity contribution in [2.75, 3.05) is 0 Å². The Morgan fingerprint density at radius 2 is 2.00 bits per heavy atom. The number of esters is 1. The Hall–Kier alpha value is -1.77. The highest BCUT2D eigenvalue weighted by molar-refractivity contribution is 5.82. The van der Waals surface area contributed by atoms with Crippen molar-refractivity contribution >= 4 is 5.97 Å². The fraction of sp³-hybridized carbons (Fsp3) is 0.250. The second-order valence-corrected chi connectivity index (χ2v) is 3.28. The van der Waals surface area contributed by atoms with Crippen LogP contribution in [0, 0.1) is 0 Å². The number of aliphatic hydroxyl groups is 1. The zero-order chi connectivity index (χ0) is 11.3. The molecule has 0 aliphatic heterocycles. The van der Waals surface area contributed by atoms with Gasteiger partial charge >= 0.3 is 5.97 Å². The average molecular weight is 206 g/mol. The first-order valence-corrected chi connectivity index (χ1v) is 4.72. The van der Waals surface area contributed by atoms with Crippen molar-refractivity contribution in [3.63, 3.8) is 0 Å². The van der Waals surface area contributed by atoms with E-state index in [9.17, 15) is 4.79 Å². The standard InChI is InChI=1S/C12H14O3/c1-9(13)8-12(14)15-10(2)11-6-4-3-5-7-11/h3-8,10,13H,1-2H3/b9-8+. The van der Waals surface area contributed by atoms with Crippen LogP contribution < -0.4 is 0 Å². The zero-order valence-corrected chi connectivity index (χ0v) is 8.81. The molecule has 0 heterocycles. The quantitative estimate of drug-likeness (QED) is 0.470. The zero-order valence-electron chi connectivity index (χ0n) is 8.81. The van der Waals surface area contributed by atoms with Gasteiger partial charge in [0.15, 0.2) is 0 Å². The summed E-state index contributed by atoms with van der Waals surface area (Å²) in [7, 11) is 0. The van der Waals surface area contributed by atoms with Gasteiger partial charge in [-0.3, -0.25) is 0 Å². The number of carbonyl (C=O) groups is 1. The van der Waals surface area contributed by atoms with E-state index < -0.39 is 5.97 Å². The summed E-state index contributed by atoms with van der Waals surface area (Å²) in [6, 6.07) is 9.43. The van der Waals surface area contributed by atoms with Crippen molar-refractivity contribution < 1.29 is 14.6 Å². The summed E-state index contributed by atoms with van der Waals surface area (Å²) in [6.07, 6.45) is 0.744. The third kappa shape index (κ3) is 3.85. The van der Waals surface area contributed by atoms with Crippen LogP contribution in [0.4, 0.5) is 0 Å². The first-order chi connectivity index (χ1) is 7.09. The van der Waals surface area contributed by atoms with Crippen LogP contribution in [-0.4, -0.2) is 11.1 Å². The molecular weight excluding hydrogens is 192 g/mol. The molecule has 1 aromatic rings. The lowest BCUT2D eigenvalue weighted by atomic mass is 10.1. The van der Waals surface area contributed by atoms with E-state index in [1.807, 2.05) is 30.3 Å². The van der Waals surface area contributed by atoms with Gasteiger partial charge in [-0.2, -0.15) is 0 Å². The van der Waals surface area contributed by atoms with E-state index >= 15 is 0 Å². The highest BCUT2D eigenvalue weighted by Crippen LogP contribution is 2.16. The van der Waals surface area contributed by atoms with Crippen LogP contribution in [0.2, 0.25) is 0 Å². The number of aliphatic hydroxyl groups excluding tert-OH is 1. The molecule has 3 nitrogen and oxygen atoms in total. The molecule has 0 aromatic heterocycles. The predicted octanol–water partition coefficient (Wildman–Crippen LogP) is 2.75. The van der Waals surface area contributed by atoms with Gasteiger partial charge in [-0.05, 0) is 19.4 Å². The van der Waals surface area contributed by atoms with E-state index in [0.29, 0.717) is 0 Å². The Morgan fingerprint density at radius 3 is 2.53 bits per heavy atom. The molecule has 1 N–H and O–H groups in total. The third-order valence-corrected chi connectivity index (χ3v) is 1.89. The smallest absolute Gasteiger partial charge is 0.334 e. The van der Waals surface area contributed by atoms with E-state index in [4.69, 9.17) is 9.84 Å². The van der Waals surface area contributed by atoms with Crippen LogP contribution >= 0.6 is 0 Å². The van der Waals surface area contributed by atoms with Crippen molar-refractivity contribution in [1.82, 2.24) is 0 Å². The lowest BCUT2D eigenvalue weighted by Crippen LogP contribution is -2.06. The number of rotatable bonds is 3. The molecule has 0 aliphatic carbocycles. The summed E-state index contributed by atoms with van der Waals surface area (Å²) in [5, 5.41) is 8.87. The van der Waals surface area contributed by atoms with E-state index in [-0.39, 0.29) is 11.9 Å². The third-order valence-electron chi connectivity index (χ3n) is 1.89. The largest absolute Gasteiger partial charge is 0.512 e. The summed E-state index contributed by atoms with van der Waals surface area (Å²) in [5.74, 6) is -0.591. The van der Waals surface area contributed by atoms with Gasteiger partial charge in [-0.1, -0.05) is 30.3 Å². The molecule has 0 fully saturated rings. The molecule has 0 spiro atoms. The molecular formula is C12H14O3. The number of hydrogen-bond acceptors (Lipinski definition) is 3. The van der Waals surface area contributed by atoms with Gasteiger partial charge in [0.2, 0.25) is 0 Å². The molecule has 80 valence electrons. The summed E-state index contributed by atoms with van der Waals surface area (Å²) in [4.78, 5) is 11.2. The molecule has 0 amide bonds. The van der Waals surface area contributed by atoms with Crippen molar-refractivity contribution in [3.05, 3.63) is 47.7 Å². The number of benzene rings is 1. The number of hydrogen-bond donors (Lipinski definition) is 1. The van der Waals surface area contributed by atoms with E-state index in [1.165, 1.54) is 6.92 Å². The minimum absolute atomic E-state index is 0.0553. The Labute approximate surface area is 89.0 Å². The first-order valence-electron chi connectivity index (χ1n) is 4.72. The van der Waals surface area contributed by atoms with Gasteiger partial charge in [0.05, 0.1) is 11.8 Å². The van der Waals surface area contributed by atoms with E-state index in [0.717, 1.165) is 11.6 Å². The van der Waals surface area contributed by atoms with E-state index in [1.54, 1.807) is 6.92 Å². The molecule has 0 aliphatic rings. The maximum atomic E-state index is 11.2. The number of carbonyl (C=O) groups excluding carboxylic acids is 1. The molecule has 0 bridgehead atoms. The van der Waals surface area contributed by atoms with E-state index in [2.05, 4.69) is 0 Å². The molecule has 1 rings (SSSR count). The van der Waals surface area contributed by atoms with Gasteiger partial charge in [0.25, 0.3) is 0 Å². The predicted molar refractivity (Wildman–Crippen MR) is 57.3 cm³/mol. The molecule has 1 aromatic carbocycles. The maximum absolute atomic E-state index is 11.2. The lowest BCUT2D eigenvalue weighted by Gasteiger charge is -2.11. The Bertz CT molecular complexity index is 350. The van der Waals surface area contributed by atoms with Crippen LogP contribution in [0.3, 0.4) is 0 Å². The molecule has 0 saturated heterocycles. The first kappa shape index (κ1) is 11.3. The van der Waals surface area contributed by atoms with Gasteiger partial charge in [-0.15, -0.1) is 0 Å². The van der Waals surface area contributed by atoms with Crippen LogP contribution in [0.5, 0.6) is 0 Å². The van der Waals surface area contributed by atoms with Crippen molar-refractivity contribution in [1.29, 1.82) is 0 Å². The van der Waals surface area contributed by atoms with Crippen LogP contribution in [0.15, 0.2) is 42.2 Å². The number of ether oxygens (including phenoxy) is 1. The van der Waals surface area contributed by atoms with Crippen molar-refractivity contribution in [2.24, 2.45) is 0 Å². The normalized spacial score (nSPS) is 13.3.